The molecule has 8 heteroatoms. The minimum atomic E-state index is -1.10. The molecule has 0 unspecified atom stereocenters. The molecule has 0 amide bonds. The molecule has 0 aromatic carbocycles. The second-order valence-electron chi connectivity index (χ2n) is 3.20. The zero-order valence-corrected chi connectivity index (χ0v) is 9.65. The maximum absolute atomic E-state index is 10.9. The van der Waals surface area contributed by atoms with Crippen LogP contribution in [0.4, 0.5) is 16.6 Å². The van der Waals surface area contributed by atoms with Crippen molar-refractivity contribution in [3.8, 4) is 0 Å². The highest BCUT2D eigenvalue weighted by Gasteiger charge is 2.13. The number of hydrogen-bond acceptors (Lipinski definition) is 7. The number of carboxylic acid groups (broad SMARTS) is 1. The van der Waals surface area contributed by atoms with Crippen molar-refractivity contribution in [2.24, 2.45) is 0 Å². The first kappa shape index (κ1) is 11.3. The Morgan fingerprint density at radius 1 is 1.59 bits per heavy atom. The molecule has 4 N–H and O–H groups in total. The van der Waals surface area contributed by atoms with Crippen LogP contribution in [0.2, 0.25) is 0 Å². The molecule has 0 saturated heterocycles. The van der Waals surface area contributed by atoms with Crippen molar-refractivity contribution in [1.29, 1.82) is 0 Å². The van der Waals surface area contributed by atoms with E-state index in [1.807, 2.05) is 0 Å². The van der Waals surface area contributed by atoms with Gasteiger partial charge in [0.25, 0.3) is 0 Å². The summed E-state index contributed by atoms with van der Waals surface area (Å²) in [7, 11) is 0. The van der Waals surface area contributed by atoms with Gasteiger partial charge in [0.15, 0.2) is 5.82 Å². The van der Waals surface area contributed by atoms with Crippen molar-refractivity contribution in [2.75, 3.05) is 11.1 Å². The molecule has 17 heavy (non-hydrogen) atoms. The number of carbonyl (C=O) groups is 1. The third-order valence-corrected chi connectivity index (χ3v) is 2.70. The Hall–Kier alpha value is -2.22. The predicted molar refractivity (Wildman–Crippen MR) is 63.5 cm³/mol. The van der Waals surface area contributed by atoms with E-state index >= 15 is 0 Å². The van der Waals surface area contributed by atoms with E-state index in [0.29, 0.717) is 11.0 Å². The number of carboxylic acids is 1. The fourth-order valence-corrected chi connectivity index (χ4v) is 1.78. The van der Waals surface area contributed by atoms with E-state index in [2.05, 4.69) is 19.7 Å². The summed E-state index contributed by atoms with van der Waals surface area (Å²) in [5, 5.41) is 12.3. The van der Waals surface area contributed by atoms with Crippen LogP contribution < -0.4 is 11.1 Å². The molecule has 0 bridgehead atoms. The Kier molecular flexibility index (Phi) is 2.88. The minimum absolute atomic E-state index is 0.00346. The zero-order valence-electron chi connectivity index (χ0n) is 8.84. The van der Waals surface area contributed by atoms with Gasteiger partial charge in [-0.2, -0.15) is 4.37 Å². The summed E-state index contributed by atoms with van der Waals surface area (Å²) in [5.41, 5.74) is 5.77. The third-order valence-electron chi connectivity index (χ3n) is 1.97. The molecular formula is C9H9N5O2S. The topological polar surface area (TPSA) is 114 Å². The number of nitrogens with zero attached hydrogens (tertiary/aromatic N) is 3. The van der Waals surface area contributed by atoms with Crippen LogP contribution in [0.25, 0.3) is 0 Å². The molecule has 7 nitrogen and oxygen atoms in total. The average molecular weight is 251 g/mol. The van der Waals surface area contributed by atoms with Crippen molar-refractivity contribution in [3.05, 3.63) is 23.7 Å². The van der Waals surface area contributed by atoms with Gasteiger partial charge < -0.3 is 16.2 Å². The van der Waals surface area contributed by atoms with Crippen molar-refractivity contribution in [3.63, 3.8) is 0 Å². The molecule has 0 saturated carbocycles. The Labute approximate surface area is 101 Å². The Balaban J connectivity index is 2.33. The number of aromatic carboxylic acids is 1. The van der Waals surface area contributed by atoms with E-state index in [1.54, 1.807) is 6.92 Å². The van der Waals surface area contributed by atoms with Crippen molar-refractivity contribution in [1.82, 2.24) is 14.3 Å². The quantitative estimate of drug-likeness (QED) is 0.752. The van der Waals surface area contributed by atoms with Gasteiger partial charge in [-0.1, -0.05) is 0 Å². The van der Waals surface area contributed by atoms with E-state index in [4.69, 9.17) is 10.8 Å². The monoisotopic (exact) mass is 251 g/mol. The number of aromatic nitrogens is 3. The second kappa shape index (κ2) is 4.34. The fraction of sp³-hybridized carbons (Fsp3) is 0.111. The molecule has 0 atom stereocenters. The number of nitrogens with one attached hydrogen (secondary N) is 1. The maximum Gasteiger partial charge on any atom is 0.337 e. The Morgan fingerprint density at radius 3 is 2.94 bits per heavy atom. The molecule has 0 fully saturated rings. The summed E-state index contributed by atoms with van der Waals surface area (Å²) >= 11 is 1.15. The van der Waals surface area contributed by atoms with Crippen LogP contribution in [0, 0.1) is 6.92 Å². The number of nitrogen functional groups attached to an aromatic ring is 1. The first-order valence-electron chi connectivity index (χ1n) is 4.63. The predicted octanol–water partition coefficient (Wildman–Crippen LogP) is 1.27. The SMILES string of the molecule is Cc1nsc(Nc2nccc(C(=O)O)c2N)n1. The summed E-state index contributed by atoms with van der Waals surface area (Å²) in [4.78, 5) is 18.9. The maximum atomic E-state index is 10.9. The lowest BCUT2D eigenvalue weighted by Crippen LogP contribution is -2.06. The van der Waals surface area contributed by atoms with E-state index in [-0.39, 0.29) is 17.1 Å². The fourth-order valence-electron chi connectivity index (χ4n) is 1.21. The number of hydrogen-bond donors (Lipinski definition) is 3. The van der Waals surface area contributed by atoms with Gasteiger partial charge in [-0.25, -0.2) is 14.8 Å². The highest BCUT2D eigenvalue weighted by atomic mass is 32.1. The summed E-state index contributed by atoms with van der Waals surface area (Å²) in [5.74, 6) is -0.201. The number of anilines is 3. The van der Waals surface area contributed by atoms with E-state index in [0.717, 1.165) is 11.5 Å². The van der Waals surface area contributed by atoms with Gasteiger partial charge in [0, 0.05) is 17.7 Å². The summed E-state index contributed by atoms with van der Waals surface area (Å²) in [6.07, 6.45) is 1.37. The molecule has 2 heterocycles. The number of rotatable bonds is 3. The summed E-state index contributed by atoms with van der Waals surface area (Å²) < 4.78 is 3.98. The summed E-state index contributed by atoms with van der Waals surface area (Å²) in [6.45, 7) is 1.76. The molecule has 0 aliphatic rings. The summed E-state index contributed by atoms with van der Waals surface area (Å²) in [6, 6.07) is 1.34. The molecule has 0 radical (unpaired) electrons. The van der Waals surface area contributed by atoms with E-state index < -0.39 is 5.97 Å². The minimum Gasteiger partial charge on any atom is -0.478 e. The molecular weight excluding hydrogens is 242 g/mol. The lowest BCUT2D eigenvalue weighted by molar-refractivity contribution is 0.0698. The molecule has 88 valence electrons. The molecule has 2 aromatic heterocycles. The van der Waals surface area contributed by atoms with Gasteiger partial charge >= 0.3 is 5.97 Å². The molecule has 0 aliphatic heterocycles. The normalized spacial score (nSPS) is 10.2. The smallest absolute Gasteiger partial charge is 0.337 e. The number of nitrogens with two attached hydrogens (primary N) is 1. The van der Waals surface area contributed by atoms with Crippen LogP contribution >= 0.6 is 11.5 Å². The van der Waals surface area contributed by atoms with Crippen LogP contribution in [0.15, 0.2) is 12.3 Å². The van der Waals surface area contributed by atoms with Crippen molar-refractivity contribution < 1.29 is 9.90 Å². The van der Waals surface area contributed by atoms with Crippen LogP contribution in [0.5, 0.6) is 0 Å². The first-order chi connectivity index (χ1) is 8.08. The lowest BCUT2D eigenvalue weighted by atomic mass is 10.2. The van der Waals surface area contributed by atoms with Crippen LogP contribution in [0.1, 0.15) is 16.2 Å². The van der Waals surface area contributed by atoms with Gasteiger partial charge in [-0.15, -0.1) is 0 Å². The highest BCUT2D eigenvalue weighted by Crippen LogP contribution is 2.24. The molecule has 2 aromatic rings. The van der Waals surface area contributed by atoms with E-state index in [1.165, 1.54) is 12.3 Å². The highest BCUT2D eigenvalue weighted by molar-refractivity contribution is 7.09. The first-order valence-corrected chi connectivity index (χ1v) is 5.40. The van der Waals surface area contributed by atoms with Crippen LogP contribution in [-0.4, -0.2) is 25.4 Å². The third kappa shape index (κ3) is 2.31. The lowest BCUT2D eigenvalue weighted by Gasteiger charge is -2.06. The van der Waals surface area contributed by atoms with Crippen molar-refractivity contribution in [2.45, 2.75) is 6.92 Å². The average Bonchev–Trinajstić information content (AvgIpc) is 2.67. The van der Waals surface area contributed by atoms with Crippen molar-refractivity contribution >= 4 is 34.1 Å². The van der Waals surface area contributed by atoms with Crippen LogP contribution in [-0.2, 0) is 0 Å². The number of pyridine rings is 1. The standard InChI is InChI=1S/C9H9N5O2S/c1-4-12-9(17-14-4)13-7-6(10)5(8(15)16)2-3-11-7/h2-3H,10H2,1H3,(H,15,16)(H,11,12,13,14). The molecule has 2 rings (SSSR count). The zero-order chi connectivity index (χ0) is 12.4. The van der Waals surface area contributed by atoms with E-state index in [9.17, 15) is 4.79 Å². The number of aryl methyl sites for hydroxylation is 1. The second-order valence-corrected chi connectivity index (χ2v) is 3.95. The van der Waals surface area contributed by atoms with Gasteiger partial charge in [-0.05, 0) is 13.0 Å². The van der Waals surface area contributed by atoms with Gasteiger partial charge in [0.05, 0.1) is 11.3 Å². The largest absolute Gasteiger partial charge is 0.478 e. The molecule has 0 aliphatic carbocycles. The molecule has 0 spiro atoms. The Morgan fingerprint density at radius 2 is 2.35 bits per heavy atom. The van der Waals surface area contributed by atoms with Gasteiger partial charge in [0.2, 0.25) is 5.13 Å². The van der Waals surface area contributed by atoms with Crippen LogP contribution in [0.3, 0.4) is 0 Å². The van der Waals surface area contributed by atoms with Gasteiger partial charge in [0.1, 0.15) is 5.82 Å². The van der Waals surface area contributed by atoms with Gasteiger partial charge in [-0.3, -0.25) is 0 Å². The Bertz CT molecular complexity index is 568.